The second-order valence-corrected chi connectivity index (χ2v) is 4.69. The lowest BCUT2D eigenvalue weighted by molar-refractivity contribution is 0.0734. The van der Waals surface area contributed by atoms with Gasteiger partial charge in [0.25, 0.3) is 0 Å². The van der Waals surface area contributed by atoms with Crippen molar-refractivity contribution >= 4 is 12.6 Å². The maximum Gasteiger partial charge on any atom is 0.0518 e. The van der Waals surface area contributed by atoms with E-state index >= 15 is 0 Å². The zero-order valence-electron chi connectivity index (χ0n) is 7.35. The zero-order valence-corrected chi connectivity index (χ0v) is 8.24. The van der Waals surface area contributed by atoms with Gasteiger partial charge < -0.3 is 4.74 Å². The van der Waals surface area contributed by atoms with Gasteiger partial charge in [-0.1, -0.05) is 13.8 Å². The van der Waals surface area contributed by atoms with E-state index in [1.165, 1.54) is 0 Å². The van der Waals surface area contributed by atoms with E-state index < -0.39 is 0 Å². The third kappa shape index (κ3) is 8.31. The van der Waals surface area contributed by atoms with E-state index in [4.69, 9.17) is 4.74 Å². The lowest BCUT2D eigenvalue weighted by atomic mass is 10.1. The van der Waals surface area contributed by atoms with Crippen molar-refractivity contribution in [2.75, 3.05) is 6.61 Å². The van der Waals surface area contributed by atoms with Crippen LogP contribution in [0, 0.1) is 0 Å². The van der Waals surface area contributed by atoms with Crippen LogP contribution in [0.5, 0.6) is 0 Å². The highest BCUT2D eigenvalue weighted by Gasteiger charge is 2.10. The maximum absolute atomic E-state index is 5.37. The quantitative estimate of drug-likeness (QED) is 0.625. The van der Waals surface area contributed by atoms with E-state index in [2.05, 4.69) is 26.5 Å². The van der Waals surface area contributed by atoms with Crippen LogP contribution in [0.25, 0.3) is 0 Å². The number of hydrogen-bond donors (Lipinski definition) is 1. The summed E-state index contributed by atoms with van der Waals surface area (Å²) in [5, 5.41) is 0. The number of ether oxygens (including phenoxy) is 1. The summed E-state index contributed by atoms with van der Waals surface area (Å²) in [6.07, 6.45) is 1.35. The molecule has 62 valence electrons. The smallest absolute Gasteiger partial charge is 0.0518 e. The van der Waals surface area contributed by atoms with Crippen LogP contribution in [0.3, 0.4) is 0 Å². The van der Waals surface area contributed by atoms with Crippen LogP contribution in [0.4, 0.5) is 0 Å². The van der Waals surface area contributed by atoms with E-state index in [1.807, 2.05) is 13.8 Å². The Morgan fingerprint density at radius 2 is 1.90 bits per heavy atom. The highest BCUT2D eigenvalue weighted by atomic mass is 32.1. The van der Waals surface area contributed by atoms with Crippen LogP contribution in [0.15, 0.2) is 0 Å². The Morgan fingerprint density at radius 1 is 1.40 bits per heavy atom. The van der Waals surface area contributed by atoms with Gasteiger partial charge in [0.15, 0.2) is 0 Å². The molecule has 0 atom stereocenters. The van der Waals surface area contributed by atoms with Gasteiger partial charge in [0.05, 0.1) is 6.10 Å². The Balaban J connectivity index is 3.21. The monoisotopic (exact) mass is 162 g/mol. The molecule has 0 rings (SSSR count). The van der Waals surface area contributed by atoms with E-state index in [1.54, 1.807) is 0 Å². The van der Waals surface area contributed by atoms with E-state index in [0.29, 0.717) is 6.10 Å². The Bertz CT molecular complexity index is 83.7. The first-order valence-corrected chi connectivity index (χ1v) is 4.20. The van der Waals surface area contributed by atoms with Crippen molar-refractivity contribution in [2.24, 2.45) is 0 Å². The summed E-state index contributed by atoms with van der Waals surface area (Å²) in [6.45, 7) is 9.10. The van der Waals surface area contributed by atoms with Gasteiger partial charge in [-0.05, 0) is 20.3 Å². The zero-order chi connectivity index (χ0) is 8.20. The van der Waals surface area contributed by atoms with Gasteiger partial charge in [0.1, 0.15) is 0 Å². The molecule has 0 aromatic heterocycles. The van der Waals surface area contributed by atoms with Crippen molar-refractivity contribution in [2.45, 2.75) is 45.0 Å². The molecule has 0 saturated heterocycles. The molecule has 0 heterocycles. The summed E-state index contributed by atoms with van der Waals surface area (Å²) < 4.78 is 5.48. The van der Waals surface area contributed by atoms with Crippen molar-refractivity contribution in [1.82, 2.24) is 0 Å². The molecular weight excluding hydrogens is 144 g/mol. The van der Waals surface area contributed by atoms with E-state index in [-0.39, 0.29) is 4.75 Å². The molecule has 0 amide bonds. The van der Waals surface area contributed by atoms with Gasteiger partial charge >= 0.3 is 0 Å². The average molecular weight is 162 g/mol. The summed E-state index contributed by atoms with van der Waals surface area (Å²) in [5.74, 6) is 0. The summed E-state index contributed by atoms with van der Waals surface area (Å²) in [6, 6.07) is 0. The fraction of sp³-hybridized carbons (Fsp3) is 1.00. The van der Waals surface area contributed by atoms with Crippen molar-refractivity contribution in [3.63, 3.8) is 0 Å². The predicted molar refractivity (Wildman–Crippen MR) is 48.8 cm³/mol. The number of thiol groups is 1. The third-order valence-corrected chi connectivity index (χ3v) is 1.39. The highest BCUT2D eigenvalue weighted by molar-refractivity contribution is 7.81. The third-order valence-electron chi connectivity index (χ3n) is 1.17. The van der Waals surface area contributed by atoms with Gasteiger partial charge in [0, 0.05) is 11.4 Å². The molecule has 1 nitrogen and oxygen atoms in total. The Morgan fingerprint density at radius 3 is 2.20 bits per heavy atom. The molecule has 10 heavy (non-hydrogen) atoms. The van der Waals surface area contributed by atoms with Crippen molar-refractivity contribution < 1.29 is 4.74 Å². The van der Waals surface area contributed by atoms with Crippen LogP contribution >= 0.6 is 12.6 Å². The predicted octanol–water partition coefficient (Wildman–Crippen LogP) is 2.51. The van der Waals surface area contributed by atoms with Crippen LogP contribution in [0.2, 0.25) is 0 Å². The van der Waals surface area contributed by atoms with E-state index in [0.717, 1.165) is 13.0 Å². The number of rotatable bonds is 4. The molecule has 0 N–H and O–H groups in total. The largest absolute Gasteiger partial charge is 0.379 e. The van der Waals surface area contributed by atoms with Gasteiger partial charge in [-0.15, -0.1) is 0 Å². The topological polar surface area (TPSA) is 9.23 Å². The van der Waals surface area contributed by atoms with Gasteiger partial charge in [-0.2, -0.15) is 12.6 Å². The van der Waals surface area contributed by atoms with Crippen LogP contribution in [-0.4, -0.2) is 17.5 Å². The first-order valence-electron chi connectivity index (χ1n) is 3.76. The molecule has 0 spiro atoms. The normalized spacial score (nSPS) is 12.6. The van der Waals surface area contributed by atoms with Gasteiger partial charge in [-0.25, -0.2) is 0 Å². The Labute approximate surface area is 69.6 Å². The second-order valence-electron chi connectivity index (χ2n) is 3.48. The fourth-order valence-corrected chi connectivity index (χ4v) is 0.636. The molecule has 0 aromatic carbocycles. The minimum absolute atomic E-state index is 0.106. The standard InChI is InChI=1S/C8H18OS/c1-7(2)9-6-5-8(3,4)10/h7,10H,5-6H2,1-4H3. The van der Waals surface area contributed by atoms with Crippen LogP contribution in [0.1, 0.15) is 34.1 Å². The molecule has 2 heteroatoms. The average Bonchev–Trinajstić information content (AvgIpc) is 1.59. The molecule has 0 aliphatic heterocycles. The maximum atomic E-state index is 5.37. The minimum atomic E-state index is 0.106. The first kappa shape index (κ1) is 10.3. The van der Waals surface area contributed by atoms with Crippen LogP contribution < -0.4 is 0 Å². The lowest BCUT2D eigenvalue weighted by Crippen LogP contribution is -2.15. The van der Waals surface area contributed by atoms with E-state index in [9.17, 15) is 0 Å². The van der Waals surface area contributed by atoms with Crippen molar-refractivity contribution in [3.8, 4) is 0 Å². The molecule has 0 aliphatic carbocycles. The molecule has 0 saturated carbocycles. The first-order chi connectivity index (χ1) is 4.42. The summed E-state index contributed by atoms with van der Waals surface area (Å²) in [5.41, 5.74) is 0. The summed E-state index contributed by atoms with van der Waals surface area (Å²) in [4.78, 5) is 0. The second kappa shape index (κ2) is 4.24. The molecule has 0 fully saturated rings. The Hall–Kier alpha value is 0.310. The molecule has 0 unspecified atom stereocenters. The summed E-state index contributed by atoms with van der Waals surface area (Å²) >= 11 is 4.38. The molecular formula is C8H18OS. The minimum Gasteiger partial charge on any atom is -0.379 e. The Kier molecular flexibility index (Phi) is 4.37. The highest BCUT2D eigenvalue weighted by Crippen LogP contribution is 2.16. The number of hydrogen-bond acceptors (Lipinski definition) is 2. The molecule has 0 radical (unpaired) electrons. The molecule has 0 bridgehead atoms. The summed E-state index contributed by atoms with van der Waals surface area (Å²) in [7, 11) is 0. The van der Waals surface area contributed by atoms with Gasteiger partial charge in [0.2, 0.25) is 0 Å². The molecule has 0 aliphatic rings. The van der Waals surface area contributed by atoms with Gasteiger partial charge in [-0.3, -0.25) is 0 Å². The molecule has 0 aromatic rings. The van der Waals surface area contributed by atoms with Crippen molar-refractivity contribution in [3.05, 3.63) is 0 Å². The fourth-order valence-electron chi connectivity index (χ4n) is 0.544. The lowest BCUT2D eigenvalue weighted by Gasteiger charge is -2.17. The van der Waals surface area contributed by atoms with Crippen molar-refractivity contribution in [1.29, 1.82) is 0 Å². The SMILES string of the molecule is CC(C)OCCC(C)(C)S. The van der Waals surface area contributed by atoms with Crippen LogP contribution in [-0.2, 0) is 4.74 Å².